The van der Waals surface area contributed by atoms with Crippen LogP contribution in [0, 0.1) is 0 Å². The van der Waals surface area contributed by atoms with E-state index < -0.39 is 5.97 Å². The van der Waals surface area contributed by atoms with Crippen LogP contribution in [0.1, 0.15) is 12.5 Å². The minimum Gasteiger partial charge on any atom is -0.494 e. The second kappa shape index (κ2) is 13.0. The average molecular weight is 669 g/mol. The van der Waals surface area contributed by atoms with Gasteiger partial charge in [0.25, 0.3) is 5.91 Å². The molecule has 1 amide bonds. The SMILES string of the molecule is CCOc1ccc(N2C(=O)/C(=C/c3cn(CCOc4ccccc4Cl)c4ccc(Br)cc34)N(CC(=O)OC)C2=S)cc1. The number of fused-ring (bicyclic) bond motifs is 1. The molecule has 0 saturated carbocycles. The van der Waals surface area contributed by atoms with E-state index in [-0.39, 0.29) is 23.3 Å². The minimum atomic E-state index is -0.522. The predicted octanol–water partition coefficient (Wildman–Crippen LogP) is 6.68. The maximum atomic E-state index is 13.9. The summed E-state index contributed by atoms with van der Waals surface area (Å²) in [5.41, 5.74) is 2.54. The number of thiocarbonyl (C=S) groups is 1. The molecule has 1 fully saturated rings. The van der Waals surface area contributed by atoms with Gasteiger partial charge in [0.2, 0.25) is 0 Å². The molecular formula is C31H27BrClN3O5S. The van der Waals surface area contributed by atoms with Gasteiger partial charge in [0, 0.05) is 27.1 Å². The molecular weight excluding hydrogens is 642 g/mol. The molecule has 0 radical (unpaired) electrons. The number of halogens is 2. The zero-order valence-electron chi connectivity index (χ0n) is 22.9. The van der Waals surface area contributed by atoms with E-state index in [0.29, 0.717) is 42.0 Å². The first-order valence-corrected chi connectivity index (χ1v) is 14.7. The number of esters is 1. The highest BCUT2D eigenvalue weighted by molar-refractivity contribution is 9.10. The zero-order valence-corrected chi connectivity index (χ0v) is 26.0. The third-order valence-electron chi connectivity index (χ3n) is 6.65. The number of hydrogen-bond donors (Lipinski definition) is 0. The quantitative estimate of drug-likeness (QED) is 0.106. The van der Waals surface area contributed by atoms with E-state index in [1.54, 1.807) is 36.4 Å². The molecule has 0 aliphatic carbocycles. The van der Waals surface area contributed by atoms with Gasteiger partial charge in [-0.05, 0) is 79.8 Å². The number of ether oxygens (including phenoxy) is 3. The van der Waals surface area contributed by atoms with Gasteiger partial charge in [-0.1, -0.05) is 39.7 Å². The van der Waals surface area contributed by atoms with E-state index in [0.717, 1.165) is 20.9 Å². The lowest BCUT2D eigenvalue weighted by Crippen LogP contribution is -2.35. The highest BCUT2D eigenvalue weighted by Crippen LogP contribution is 2.33. The van der Waals surface area contributed by atoms with E-state index in [4.69, 9.17) is 38.0 Å². The molecule has 0 N–H and O–H groups in total. The third kappa shape index (κ3) is 6.16. The summed E-state index contributed by atoms with van der Waals surface area (Å²) in [6.07, 6.45) is 3.71. The lowest BCUT2D eigenvalue weighted by atomic mass is 10.1. The van der Waals surface area contributed by atoms with Gasteiger partial charge in [0.15, 0.2) is 5.11 Å². The van der Waals surface area contributed by atoms with Gasteiger partial charge in [0.1, 0.15) is 30.3 Å². The summed E-state index contributed by atoms with van der Waals surface area (Å²) in [4.78, 5) is 29.2. The molecule has 0 unspecified atom stereocenters. The molecule has 216 valence electrons. The first-order valence-electron chi connectivity index (χ1n) is 13.1. The first kappa shape index (κ1) is 29.6. The molecule has 1 aliphatic rings. The molecule has 0 bridgehead atoms. The highest BCUT2D eigenvalue weighted by Gasteiger charge is 2.40. The zero-order chi connectivity index (χ0) is 29.8. The second-order valence-corrected chi connectivity index (χ2v) is 10.9. The molecule has 8 nitrogen and oxygen atoms in total. The molecule has 4 aromatic rings. The van der Waals surface area contributed by atoms with Crippen LogP contribution in [0.2, 0.25) is 5.02 Å². The van der Waals surface area contributed by atoms with Crippen LogP contribution in [-0.2, 0) is 20.9 Å². The number of anilines is 1. The van der Waals surface area contributed by atoms with Gasteiger partial charge in [-0.15, -0.1) is 0 Å². The normalized spacial score (nSPS) is 14.2. The summed E-state index contributed by atoms with van der Waals surface area (Å²) in [7, 11) is 1.30. The van der Waals surface area contributed by atoms with Gasteiger partial charge >= 0.3 is 5.97 Å². The number of methoxy groups -OCH3 is 1. The number of rotatable bonds is 10. The Labute approximate surface area is 262 Å². The van der Waals surface area contributed by atoms with Crippen LogP contribution in [0.25, 0.3) is 17.0 Å². The third-order valence-corrected chi connectivity index (χ3v) is 7.86. The lowest BCUT2D eigenvalue weighted by molar-refractivity contribution is -0.140. The van der Waals surface area contributed by atoms with Gasteiger partial charge in [-0.3, -0.25) is 14.5 Å². The van der Waals surface area contributed by atoms with E-state index >= 15 is 0 Å². The van der Waals surface area contributed by atoms with Crippen LogP contribution in [-0.4, -0.2) is 53.3 Å². The number of para-hydroxylation sites is 1. The molecule has 3 aromatic carbocycles. The van der Waals surface area contributed by atoms with E-state index in [1.807, 2.05) is 49.5 Å². The standard InChI is InChI=1S/C31H27BrClN3O5S/c1-3-40-23-11-9-22(10-12-23)36-30(38)27(35(31(36)42)19-29(37)39-2)16-20-18-34(26-13-8-21(32)17-24(20)26)14-15-41-28-7-5-4-6-25(28)33/h4-13,16-18H,3,14-15,19H2,1-2H3/b27-16-. The lowest BCUT2D eigenvalue weighted by Gasteiger charge is -2.19. The summed E-state index contributed by atoms with van der Waals surface area (Å²) in [5, 5.41) is 1.63. The number of hydrogen-bond acceptors (Lipinski definition) is 6. The molecule has 5 rings (SSSR count). The Morgan fingerprint density at radius 2 is 1.83 bits per heavy atom. The van der Waals surface area contributed by atoms with Crippen molar-refractivity contribution in [3.8, 4) is 11.5 Å². The van der Waals surface area contributed by atoms with Crippen molar-refractivity contribution < 1.29 is 23.8 Å². The Morgan fingerprint density at radius 1 is 1.07 bits per heavy atom. The average Bonchev–Trinajstić information content (AvgIpc) is 3.43. The monoisotopic (exact) mass is 667 g/mol. The summed E-state index contributed by atoms with van der Waals surface area (Å²) in [6.45, 7) is 3.12. The second-order valence-electron chi connectivity index (χ2n) is 9.26. The summed E-state index contributed by atoms with van der Waals surface area (Å²) >= 11 is 15.5. The summed E-state index contributed by atoms with van der Waals surface area (Å²) in [6, 6.07) is 20.3. The topological polar surface area (TPSA) is 73.2 Å². The van der Waals surface area contributed by atoms with E-state index in [2.05, 4.69) is 20.5 Å². The number of amides is 1. The summed E-state index contributed by atoms with van der Waals surface area (Å²) in [5.74, 6) is 0.411. The fraction of sp³-hybridized carbons (Fsp3) is 0.194. The van der Waals surface area contributed by atoms with Crippen molar-refractivity contribution in [2.45, 2.75) is 13.5 Å². The van der Waals surface area contributed by atoms with Crippen molar-refractivity contribution in [1.29, 1.82) is 0 Å². The van der Waals surface area contributed by atoms with Crippen LogP contribution < -0.4 is 14.4 Å². The van der Waals surface area contributed by atoms with Crippen LogP contribution in [0.3, 0.4) is 0 Å². The van der Waals surface area contributed by atoms with Crippen molar-refractivity contribution in [2.24, 2.45) is 0 Å². The maximum absolute atomic E-state index is 13.9. The summed E-state index contributed by atoms with van der Waals surface area (Å²) < 4.78 is 19.3. The molecule has 0 atom stereocenters. The molecule has 0 spiro atoms. The Kier molecular flexibility index (Phi) is 9.15. The number of benzene rings is 3. The van der Waals surface area contributed by atoms with E-state index in [9.17, 15) is 9.59 Å². The van der Waals surface area contributed by atoms with Crippen LogP contribution in [0.4, 0.5) is 5.69 Å². The Balaban J connectivity index is 1.51. The van der Waals surface area contributed by atoms with Crippen molar-refractivity contribution >= 4 is 79.4 Å². The Morgan fingerprint density at radius 3 is 2.55 bits per heavy atom. The van der Waals surface area contributed by atoms with E-state index in [1.165, 1.54) is 16.9 Å². The van der Waals surface area contributed by atoms with Gasteiger partial charge in [-0.2, -0.15) is 0 Å². The Hall–Kier alpha value is -3.86. The van der Waals surface area contributed by atoms with Gasteiger partial charge in [0.05, 0.1) is 31.0 Å². The number of carbonyl (C=O) groups excluding carboxylic acids is 2. The fourth-order valence-corrected chi connectivity index (χ4v) is 5.58. The first-order chi connectivity index (χ1) is 20.3. The van der Waals surface area contributed by atoms with Crippen molar-refractivity contribution in [2.75, 3.05) is 31.8 Å². The predicted molar refractivity (Wildman–Crippen MR) is 171 cm³/mol. The molecule has 1 aliphatic heterocycles. The minimum absolute atomic E-state index is 0.180. The molecule has 42 heavy (non-hydrogen) atoms. The van der Waals surface area contributed by atoms with Crippen molar-refractivity contribution in [3.05, 3.63) is 93.7 Å². The number of aromatic nitrogens is 1. The molecule has 11 heteroatoms. The number of nitrogens with zero attached hydrogens (tertiary/aromatic N) is 3. The largest absolute Gasteiger partial charge is 0.494 e. The molecule has 1 aromatic heterocycles. The molecule has 1 saturated heterocycles. The smallest absolute Gasteiger partial charge is 0.325 e. The van der Waals surface area contributed by atoms with Crippen LogP contribution in [0.15, 0.2) is 83.1 Å². The van der Waals surface area contributed by atoms with Gasteiger partial charge in [-0.25, -0.2) is 0 Å². The van der Waals surface area contributed by atoms with Crippen molar-refractivity contribution in [1.82, 2.24) is 9.47 Å². The van der Waals surface area contributed by atoms with Crippen LogP contribution in [0.5, 0.6) is 11.5 Å². The molecule has 2 heterocycles. The fourth-order valence-electron chi connectivity index (χ4n) is 4.67. The number of carbonyl (C=O) groups is 2. The Bertz CT molecular complexity index is 1690. The van der Waals surface area contributed by atoms with Crippen LogP contribution >= 0.6 is 39.7 Å². The van der Waals surface area contributed by atoms with Crippen molar-refractivity contribution in [3.63, 3.8) is 0 Å². The highest BCUT2D eigenvalue weighted by atomic mass is 79.9. The van der Waals surface area contributed by atoms with Gasteiger partial charge < -0.3 is 23.7 Å². The maximum Gasteiger partial charge on any atom is 0.325 e.